The van der Waals surface area contributed by atoms with Crippen LogP contribution in [0.5, 0.6) is 5.75 Å². The maximum Gasteiger partial charge on any atom is 0.219 e. The van der Waals surface area contributed by atoms with Gasteiger partial charge in [-0.25, -0.2) is 0 Å². The molecule has 2 fully saturated rings. The molecule has 0 bridgehead atoms. The minimum Gasteiger partial charge on any atom is -0.490 e. The van der Waals surface area contributed by atoms with E-state index < -0.39 is 5.60 Å². The Hall–Kier alpha value is -1.59. The fourth-order valence-corrected chi connectivity index (χ4v) is 4.72. The maximum atomic E-state index is 12.1. The van der Waals surface area contributed by atoms with Crippen molar-refractivity contribution >= 4 is 5.91 Å². The van der Waals surface area contributed by atoms with Gasteiger partial charge in [-0.1, -0.05) is 31.7 Å². The van der Waals surface area contributed by atoms with E-state index in [1.165, 1.54) is 38.5 Å². The SMILES string of the molecule is CC(=O)N1CCN(C2CCCCCC2)C[C@@](O)(COc2cc(C)cc(C)c2)C1. The van der Waals surface area contributed by atoms with E-state index in [2.05, 4.69) is 11.0 Å². The van der Waals surface area contributed by atoms with E-state index in [0.717, 1.165) is 23.4 Å². The van der Waals surface area contributed by atoms with Crippen molar-refractivity contribution in [3.05, 3.63) is 29.3 Å². The normalized spacial score (nSPS) is 25.2. The summed E-state index contributed by atoms with van der Waals surface area (Å²) in [5.41, 5.74) is 1.23. The second-order valence-corrected chi connectivity index (χ2v) is 8.89. The molecule has 1 N–H and O–H groups in total. The Labute approximate surface area is 169 Å². The lowest BCUT2D eigenvalue weighted by Crippen LogP contribution is -2.53. The average Bonchev–Trinajstić information content (AvgIpc) is 2.99. The molecule has 1 atom stereocenters. The molecule has 1 aliphatic heterocycles. The summed E-state index contributed by atoms with van der Waals surface area (Å²) >= 11 is 0. The molecule has 0 radical (unpaired) electrons. The number of carbonyl (C=O) groups excluding carboxylic acids is 1. The zero-order chi connectivity index (χ0) is 20.1. The summed E-state index contributed by atoms with van der Waals surface area (Å²) in [6.45, 7) is 8.28. The molecule has 1 aliphatic carbocycles. The van der Waals surface area contributed by atoms with E-state index in [4.69, 9.17) is 4.74 Å². The van der Waals surface area contributed by atoms with Crippen LogP contribution in [0.3, 0.4) is 0 Å². The Morgan fingerprint density at radius 3 is 2.32 bits per heavy atom. The highest BCUT2D eigenvalue weighted by Crippen LogP contribution is 2.26. The van der Waals surface area contributed by atoms with Crippen molar-refractivity contribution in [1.29, 1.82) is 0 Å². The van der Waals surface area contributed by atoms with Gasteiger partial charge in [0, 0.05) is 32.6 Å². The lowest BCUT2D eigenvalue weighted by atomic mass is 10.0. The molecular formula is C23H36N2O3. The Bertz CT molecular complexity index is 650. The van der Waals surface area contributed by atoms with E-state index in [1.807, 2.05) is 26.0 Å². The number of β-amino-alcohol motifs (C(OH)–C–C–N with tert-alkyl or cyclic N) is 1. The van der Waals surface area contributed by atoms with Gasteiger partial charge in [-0.3, -0.25) is 9.69 Å². The third-order valence-electron chi connectivity index (χ3n) is 6.13. The van der Waals surface area contributed by atoms with Crippen LogP contribution in [0.1, 0.15) is 56.6 Å². The molecule has 2 aliphatic rings. The average molecular weight is 389 g/mol. The van der Waals surface area contributed by atoms with E-state index in [-0.39, 0.29) is 12.5 Å². The first-order chi connectivity index (χ1) is 13.3. The molecule has 0 unspecified atom stereocenters. The molecule has 1 amide bonds. The van der Waals surface area contributed by atoms with Crippen molar-refractivity contribution < 1.29 is 14.6 Å². The summed E-state index contributed by atoms with van der Waals surface area (Å²) in [7, 11) is 0. The van der Waals surface area contributed by atoms with Crippen LogP contribution in [-0.4, -0.2) is 65.2 Å². The third-order valence-corrected chi connectivity index (χ3v) is 6.13. The first-order valence-electron chi connectivity index (χ1n) is 10.8. The first-order valence-corrected chi connectivity index (χ1v) is 10.8. The van der Waals surface area contributed by atoms with Crippen molar-refractivity contribution in [2.75, 3.05) is 32.8 Å². The Morgan fingerprint density at radius 1 is 1.07 bits per heavy atom. The third kappa shape index (κ3) is 5.71. The number of nitrogens with zero attached hydrogens (tertiary/aromatic N) is 2. The monoisotopic (exact) mass is 388 g/mol. The summed E-state index contributed by atoms with van der Waals surface area (Å²) in [5.74, 6) is 0.804. The molecule has 0 aromatic heterocycles. The fourth-order valence-electron chi connectivity index (χ4n) is 4.72. The molecule has 1 saturated carbocycles. The van der Waals surface area contributed by atoms with Crippen LogP contribution in [0.25, 0.3) is 0 Å². The van der Waals surface area contributed by atoms with Crippen molar-refractivity contribution in [3.8, 4) is 5.75 Å². The molecule has 1 aromatic rings. The number of aryl methyl sites for hydroxylation is 2. The number of carbonyl (C=O) groups is 1. The lowest BCUT2D eigenvalue weighted by Gasteiger charge is -2.36. The molecule has 0 spiro atoms. The van der Waals surface area contributed by atoms with Crippen LogP contribution in [0.15, 0.2) is 18.2 Å². The van der Waals surface area contributed by atoms with Crippen LogP contribution in [0, 0.1) is 13.8 Å². The molecule has 5 heteroatoms. The second kappa shape index (κ2) is 9.27. The van der Waals surface area contributed by atoms with Crippen molar-refractivity contribution in [2.45, 2.75) is 70.9 Å². The maximum absolute atomic E-state index is 12.1. The standard InChI is InChI=1S/C23H36N2O3/c1-18-12-19(2)14-22(13-18)28-17-23(27)15-24(20(3)26)10-11-25(16-23)21-8-6-4-5-7-9-21/h12-14,21,27H,4-11,15-17H2,1-3H3/t23-/m1/s1. The molecule has 156 valence electrons. The molecule has 5 nitrogen and oxygen atoms in total. The van der Waals surface area contributed by atoms with Gasteiger partial charge < -0.3 is 14.7 Å². The molecule has 1 saturated heterocycles. The Kier molecular flexibility index (Phi) is 7.00. The van der Waals surface area contributed by atoms with Crippen LogP contribution in [0.2, 0.25) is 0 Å². The van der Waals surface area contributed by atoms with Crippen molar-refractivity contribution in [2.24, 2.45) is 0 Å². The van der Waals surface area contributed by atoms with E-state index >= 15 is 0 Å². The molecule has 1 heterocycles. The smallest absolute Gasteiger partial charge is 0.219 e. The van der Waals surface area contributed by atoms with Crippen molar-refractivity contribution in [1.82, 2.24) is 9.80 Å². The highest BCUT2D eigenvalue weighted by Gasteiger charge is 2.38. The van der Waals surface area contributed by atoms with E-state index in [0.29, 0.717) is 25.7 Å². The number of hydrogen-bond acceptors (Lipinski definition) is 4. The van der Waals surface area contributed by atoms with Gasteiger partial charge in [-0.05, 0) is 49.9 Å². The zero-order valence-corrected chi connectivity index (χ0v) is 17.7. The predicted molar refractivity (Wildman–Crippen MR) is 112 cm³/mol. The fraction of sp³-hybridized carbons (Fsp3) is 0.696. The topological polar surface area (TPSA) is 53.0 Å². The quantitative estimate of drug-likeness (QED) is 0.804. The van der Waals surface area contributed by atoms with Gasteiger partial charge in [0.15, 0.2) is 0 Å². The van der Waals surface area contributed by atoms with Gasteiger partial charge in [0.2, 0.25) is 5.91 Å². The largest absolute Gasteiger partial charge is 0.490 e. The second-order valence-electron chi connectivity index (χ2n) is 8.89. The first kappa shape index (κ1) is 21.1. The molecule has 3 rings (SSSR count). The minimum absolute atomic E-state index is 0.0209. The number of amides is 1. The van der Waals surface area contributed by atoms with E-state index in [1.54, 1.807) is 11.8 Å². The highest BCUT2D eigenvalue weighted by atomic mass is 16.5. The number of rotatable bonds is 4. The van der Waals surface area contributed by atoms with Gasteiger partial charge in [-0.15, -0.1) is 0 Å². The lowest BCUT2D eigenvalue weighted by molar-refractivity contribution is -0.132. The zero-order valence-electron chi connectivity index (χ0n) is 17.7. The predicted octanol–water partition coefficient (Wildman–Crippen LogP) is 3.30. The van der Waals surface area contributed by atoms with Crippen LogP contribution >= 0.6 is 0 Å². The van der Waals surface area contributed by atoms with Crippen LogP contribution in [0.4, 0.5) is 0 Å². The molecule has 1 aromatic carbocycles. The van der Waals surface area contributed by atoms with Crippen LogP contribution < -0.4 is 4.74 Å². The van der Waals surface area contributed by atoms with Gasteiger partial charge in [0.1, 0.15) is 18.0 Å². The summed E-state index contributed by atoms with van der Waals surface area (Å²) < 4.78 is 6.04. The number of benzene rings is 1. The van der Waals surface area contributed by atoms with Crippen molar-refractivity contribution in [3.63, 3.8) is 0 Å². The van der Waals surface area contributed by atoms with E-state index in [9.17, 15) is 9.90 Å². The summed E-state index contributed by atoms with van der Waals surface area (Å²) in [5, 5.41) is 11.5. The summed E-state index contributed by atoms with van der Waals surface area (Å²) in [4.78, 5) is 16.3. The Balaban J connectivity index is 1.74. The van der Waals surface area contributed by atoms with Gasteiger partial charge >= 0.3 is 0 Å². The summed E-state index contributed by atoms with van der Waals surface area (Å²) in [6.07, 6.45) is 7.51. The summed E-state index contributed by atoms with van der Waals surface area (Å²) in [6, 6.07) is 6.61. The van der Waals surface area contributed by atoms with Crippen LogP contribution in [-0.2, 0) is 4.79 Å². The number of ether oxygens (including phenoxy) is 1. The number of hydrogen-bond donors (Lipinski definition) is 1. The molecular weight excluding hydrogens is 352 g/mol. The van der Waals surface area contributed by atoms with Gasteiger partial charge in [0.05, 0.1) is 6.54 Å². The number of aliphatic hydroxyl groups is 1. The van der Waals surface area contributed by atoms with Gasteiger partial charge in [-0.2, -0.15) is 0 Å². The minimum atomic E-state index is -1.06. The highest BCUT2D eigenvalue weighted by molar-refractivity contribution is 5.73. The van der Waals surface area contributed by atoms with Gasteiger partial charge in [0.25, 0.3) is 0 Å². The Morgan fingerprint density at radius 2 is 1.71 bits per heavy atom. The molecule has 28 heavy (non-hydrogen) atoms.